The van der Waals surface area contributed by atoms with Crippen molar-refractivity contribution in [3.8, 4) is 0 Å². The Balaban J connectivity index is 2.10. The van der Waals surface area contributed by atoms with Gasteiger partial charge in [0, 0.05) is 17.4 Å². The van der Waals surface area contributed by atoms with Crippen LogP contribution in [0.15, 0.2) is 24.4 Å². The predicted octanol–water partition coefficient (Wildman–Crippen LogP) is 0.0114. The summed E-state index contributed by atoms with van der Waals surface area (Å²) in [5.41, 5.74) is 5.95. The molecule has 0 aliphatic rings. The molecule has 2 amide bonds. The molecule has 0 saturated heterocycles. The molecule has 1 aromatic heterocycles. The van der Waals surface area contributed by atoms with Crippen molar-refractivity contribution in [2.45, 2.75) is 18.9 Å². The highest BCUT2D eigenvalue weighted by Gasteiger charge is 2.21. The second-order valence-corrected chi connectivity index (χ2v) is 4.54. The number of rotatable bonds is 6. The van der Waals surface area contributed by atoms with Gasteiger partial charge in [-0.05, 0) is 18.6 Å². The van der Waals surface area contributed by atoms with Gasteiger partial charge in [-0.25, -0.2) is 4.79 Å². The number of nitrogens with two attached hydrogens (primary N) is 1. The van der Waals surface area contributed by atoms with Crippen molar-refractivity contribution in [1.29, 1.82) is 0 Å². The quantitative estimate of drug-likeness (QED) is 0.593. The molecule has 8 heteroatoms. The van der Waals surface area contributed by atoms with Crippen LogP contribution < -0.4 is 11.1 Å². The molecule has 1 atom stereocenters. The molecule has 1 heterocycles. The third kappa shape index (κ3) is 3.56. The minimum absolute atomic E-state index is 0.0529. The standard InChI is InChI=1S/C13H14N4O4/c14-11(18)4-3-9(13(20)21)16-12(19)7-1-2-8-6-15-17-10(8)5-7/h1-2,5-6,9H,3-4H2,(H2,14,18)(H,15,17)(H,16,19)(H,20,21). The second-order valence-electron chi connectivity index (χ2n) is 4.54. The third-order valence-corrected chi connectivity index (χ3v) is 2.99. The number of H-pyrrole nitrogens is 1. The molecule has 8 nitrogen and oxygen atoms in total. The highest BCUT2D eigenvalue weighted by molar-refractivity contribution is 5.99. The zero-order valence-corrected chi connectivity index (χ0v) is 11.0. The van der Waals surface area contributed by atoms with E-state index in [-0.39, 0.29) is 12.8 Å². The minimum Gasteiger partial charge on any atom is -0.480 e. The number of aliphatic carboxylic acids is 1. The number of carbonyl (C=O) groups excluding carboxylic acids is 2. The molecule has 0 bridgehead atoms. The lowest BCUT2D eigenvalue weighted by Gasteiger charge is -2.13. The zero-order chi connectivity index (χ0) is 15.4. The molecule has 1 aromatic carbocycles. The van der Waals surface area contributed by atoms with Gasteiger partial charge in [0.2, 0.25) is 5.91 Å². The van der Waals surface area contributed by atoms with Crippen LogP contribution in [0.4, 0.5) is 0 Å². The Morgan fingerprint density at radius 2 is 2.14 bits per heavy atom. The first-order valence-electron chi connectivity index (χ1n) is 6.22. The van der Waals surface area contributed by atoms with Gasteiger partial charge in [-0.2, -0.15) is 5.10 Å². The molecule has 2 rings (SSSR count). The van der Waals surface area contributed by atoms with Crippen molar-refractivity contribution in [3.05, 3.63) is 30.0 Å². The van der Waals surface area contributed by atoms with E-state index in [2.05, 4.69) is 15.5 Å². The molecular formula is C13H14N4O4. The van der Waals surface area contributed by atoms with Gasteiger partial charge in [0.25, 0.3) is 5.91 Å². The average Bonchev–Trinajstić information content (AvgIpc) is 2.89. The third-order valence-electron chi connectivity index (χ3n) is 2.99. The van der Waals surface area contributed by atoms with Crippen molar-refractivity contribution in [2.75, 3.05) is 0 Å². The smallest absolute Gasteiger partial charge is 0.326 e. The van der Waals surface area contributed by atoms with Crippen LogP contribution in [0.2, 0.25) is 0 Å². The average molecular weight is 290 g/mol. The van der Waals surface area contributed by atoms with Crippen LogP contribution in [0.1, 0.15) is 23.2 Å². The van der Waals surface area contributed by atoms with Gasteiger partial charge in [0.1, 0.15) is 6.04 Å². The Morgan fingerprint density at radius 3 is 2.81 bits per heavy atom. The van der Waals surface area contributed by atoms with E-state index in [9.17, 15) is 14.4 Å². The lowest BCUT2D eigenvalue weighted by Crippen LogP contribution is -2.41. The maximum Gasteiger partial charge on any atom is 0.326 e. The summed E-state index contributed by atoms with van der Waals surface area (Å²) in [4.78, 5) is 33.8. The molecule has 0 saturated carbocycles. The molecule has 0 fully saturated rings. The van der Waals surface area contributed by atoms with Crippen molar-refractivity contribution < 1.29 is 19.5 Å². The maximum absolute atomic E-state index is 12.0. The van der Waals surface area contributed by atoms with Crippen molar-refractivity contribution >= 4 is 28.7 Å². The summed E-state index contributed by atoms with van der Waals surface area (Å²) in [6.45, 7) is 0. The number of carboxylic acid groups (broad SMARTS) is 1. The molecule has 5 N–H and O–H groups in total. The largest absolute Gasteiger partial charge is 0.480 e. The highest BCUT2D eigenvalue weighted by Crippen LogP contribution is 2.13. The summed E-state index contributed by atoms with van der Waals surface area (Å²) >= 11 is 0. The van der Waals surface area contributed by atoms with Gasteiger partial charge in [-0.3, -0.25) is 14.7 Å². The van der Waals surface area contributed by atoms with Gasteiger partial charge >= 0.3 is 5.97 Å². The molecule has 0 aliphatic heterocycles. The zero-order valence-electron chi connectivity index (χ0n) is 11.0. The SMILES string of the molecule is NC(=O)CCC(NC(=O)c1ccc2cn[nH]c2c1)C(=O)O. The lowest BCUT2D eigenvalue weighted by molar-refractivity contribution is -0.139. The van der Waals surface area contributed by atoms with E-state index in [1.54, 1.807) is 24.4 Å². The number of hydrogen-bond donors (Lipinski definition) is 4. The first kappa shape index (κ1) is 14.5. The van der Waals surface area contributed by atoms with Crippen molar-refractivity contribution in [1.82, 2.24) is 15.5 Å². The summed E-state index contributed by atoms with van der Waals surface area (Å²) in [5.74, 6) is -2.37. The predicted molar refractivity (Wildman–Crippen MR) is 73.4 cm³/mol. The van der Waals surface area contributed by atoms with Crippen LogP contribution in [-0.4, -0.2) is 39.1 Å². The Morgan fingerprint density at radius 1 is 1.38 bits per heavy atom. The number of fused-ring (bicyclic) bond motifs is 1. The van der Waals surface area contributed by atoms with E-state index in [0.717, 1.165) is 5.39 Å². The van der Waals surface area contributed by atoms with E-state index in [1.807, 2.05) is 0 Å². The molecular weight excluding hydrogens is 276 g/mol. The Labute approximate surface area is 119 Å². The fourth-order valence-corrected chi connectivity index (χ4v) is 1.86. The fourth-order valence-electron chi connectivity index (χ4n) is 1.86. The van der Waals surface area contributed by atoms with Crippen LogP contribution in [0, 0.1) is 0 Å². The Kier molecular flexibility index (Phi) is 4.17. The Bertz CT molecular complexity index is 694. The van der Waals surface area contributed by atoms with E-state index in [1.165, 1.54) is 0 Å². The van der Waals surface area contributed by atoms with Crippen LogP contribution in [0.3, 0.4) is 0 Å². The summed E-state index contributed by atoms with van der Waals surface area (Å²) < 4.78 is 0. The maximum atomic E-state index is 12.0. The van der Waals surface area contributed by atoms with Gasteiger partial charge < -0.3 is 16.2 Å². The number of nitrogens with one attached hydrogen (secondary N) is 2. The van der Waals surface area contributed by atoms with E-state index < -0.39 is 23.8 Å². The van der Waals surface area contributed by atoms with Gasteiger partial charge in [0.15, 0.2) is 0 Å². The van der Waals surface area contributed by atoms with Crippen molar-refractivity contribution in [2.24, 2.45) is 5.73 Å². The first-order chi connectivity index (χ1) is 9.97. The molecule has 2 aromatic rings. The van der Waals surface area contributed by atoms with Crippen LogP contribution in [0.5, 0.6) is 0 Å². The molecule has 21 heavy (non-hydrogen) atoms. The van der Waals surface area contributed by atoms with Crippen molar-refractivity contribution in [3.63, 3.8) is 0 Å². The van der Waals surface area contributed by atoms with Gasteiger partial charge in [0.05, 0.1) is 11.7 Å². The van der Waals surface area contributed by atoms with E-state index >= 15 is 0 Å². The molecule has 110 valence electrons. The second kappa shape index (κ2) is 6.04. The van der Waals surface area contributed by atoms with E-state index in [0.29, 0.717) is 11.1 Å². The monoisotopic (exact) mass is 290 g/mol. The summed E-state index contributed by atoms with van der Waals surface area (Å²) in [5, 5.41) is 18.8. The van der Waals surface area contributed by atoms with Crippen LogP contribution in [-0.2, 0) is 9.59 Å². The number of primary amides is 1. The number of carboxylic acids is 1. The van der Waals surface area contributed by atoms with Crippen LogP contribution in [0.25, 0.3) is 10.9 Å². The lowest BCUT2D eigenvalue weighted by atomic mass is 10.1. The topological polar surface area (TPSA) is 138 Å². The minimum atomic E-state index is -1.22. The molecule has 0 aliphatic carbocycles. The number of benzene rings is 1. The summed E-state index contributed by atoms with van der Waals surface area (Å²) in [6, 6.07) is 3.68. The first-order valence-corrected chi connectivity index (χ1v) is 6.22. The van der Waals surface area contributed by atoms with Gasteiger partial charge in [-0.15, -0.1) is 0 Å². The summed E-state index contributed by atoms with van der Waals surface area (Å²) in [7, 11) is 0. The summed E-state index contributed by atoms with van der Waals surface area (Å²) in [6.07, 6.45) is 1.45. The molecule has 1 unspecified atom stereocenters. The number of aromatic nitrogens is 2. The van der Waals surface area contributed by atoms with Crippen LogP contribution >= 0.6 is 0 Å². The molecule has 0 radical (unpaired) electrons. The fraction of sp³-hybridized carbons (Fsp3) is 0.231. The number of aromatic amines is 1. The number of carbonyl (C=O) groups is 3. The number of hydrogen-bond acceptors (Lipinski definition) is 4. The highest BCUT2D eigenvalue weighted by atomic mass is 16.4. The normalized spacial score (nSPS) is 12.0. The number of nitrogens with zero attached hydrogens (tertiary/aromatic N) is 1. The van der Waals surface area contributed by atoms with Gasteiger partial charge in [-0.1, -0.05) is 6.07 Å². The Hall–Kier alpha value is -2.90. The molecule has 0 spiro atoms. The van der Waals surface area contributed by atoms with E-state index in [4.69, 9.17) is 10.8 Å². The number of amides is 2.